The van der Waals surface area contributed by atoms with Crippen LogP contribution in [0.5, 0.6) is 0 Å². The minimum Gasteiger partial charge on any atom is -0.373 e. The van der Waals surface area contributed by atoms with Crippen LogP contribution in [0.3, 0.4) is 0 Å². The van der Waals surface area contributed by atoms with Crippen LogP contribution in [0.1, 0.15) is 15.9 Å². The van der Waals surface area contributed by atoms with Crippen LogP contribution in [0.15, 0.2) is 54.9 Å². The van der Waals surface area contributed by atoms with Gasteiger partial charge >= 0.3 is 0 Å². The van der Waals surface area contributed by atoms with Crippen molar-refractivity contribution in [1.29, 1.82) is 0 Å². The van der Waals surface area contributed by atoms with Crippen molar-refractivity contribution >= 4 is 5.91 Å². The van der Waals surface area contributed by atoms with E-state index in [0.717, 1.165) is 5.56 Å². The maximum absolute atomic E-state index is 11.7. The predicted molar refractivity (Wildman–Crippen MR) is 67.9 cm³/mol. The third-order valence-corrected chi connectivity index (χ3v) is 2.49. The van der Waals surface area contributed by atoms with Gasteiger partial charge in [-0.1, -0.05) is 30.3 Å². The second-order valence-corrected chi connectivity index (χ2v) is 3.92. The lowest BCUT2D eigenvalue weighted by Crippen LogP contribution is -2.36. The highest BCUT2D eigenvalue weighted by Gasteiger charge is 2.11. The zero-order chi connectivity index (χ0) is 12.8. The molecule has 0 aliphatic carbocycles. The summed E-state index contributed by atoms with van der Waals surface area (Å²) >= 11 is 0. The summed E-state index contributed by atoms with van der Waals surface area (Å²) in [5.74, 6) is -0.327. The lowest BCUT2D eigenvalue weighted by molar-refractivity contribution is 0.0785. The summed E-state index contributed by atoms with van der Waals surface area (Å²) in [6.07, 6.45) is 2.54. The third kappa shape index (κ3) is 3.40. The molecule has 0 spiro atoms. The van der Waals surface area contributed by atoms with Crippen molar-refractivity contribution in [3.05, 3.63) is 66.0 Å². The molecule has 0 saturated heterocycles. The van der Waals surface area contributed by atoms with Crippen LogP contribution in [-0.2, 0) is 6.42 Å². The highest BCUT2D eigenvalue weighted by molar-refractivity contribution is 5.93. The van der Waals surface area contributed by atoms with Gasteiger partial charge in [-0.3, -0.25) is 9.78 Å². The van der Waals surface area contributed by atoms with E-state index in [1.807, 2.05) is 30.3 Å². The smallest absolute Gasteiger partial charge is 0.254 e. The summed E-state index contributed by atoms with van der Waals surface area (Å²) in [7, 11) is 0. The first-order valence-electron chi connectivity index (χ1n) is 5.68. The number of aromatic nitrogens is 1. The Kier molecular flexibility index (Phi) is 4.04. The van der Waals surface area contributed by atoms with E-state index < -0.39 is 6.23 Å². The van der Waals surface area contributed by atoms with Crippen LogP contribution < -0.4 is 5.32 Å². The standard InChI is InChI=1S/C14H14N2O2/c17-13(9-11-5-2-1-3-6-11)16-14(18)12-7-4-8-15-10-12/h1-8,10,13,17H,9H2,(H,16,18). The van der Waals surface area contributed by atoms with Gasteiger partial charge in [-0.15, -0.1) is 0 Å². The SMILES string of the molecule is O=C(NC(O)Cc1ccccc1)c1cccnc1. The number of carbonyl (C=O) groups excluding carboxylic acids is 1. The minimum atomic E-state index is -0.903. The zero-order valence-corrected chi connectivity index (χ0v) is 9.78. The molecule has 1 aromatic carbocycles. The molecule has 0 fully saturated rings. The topological polar surface area (TPSA) is 62.2 Å². The Bertz CT molecular complexity index is 500. The lowest BCUT2D eigenvalue weighted by atomic mass is 10.1. The van der Waals surface area contributed by atoms with E-state index in [9.17, 15) is 9.90 Å². The van der Waals surface area contributed by atoms with Gasteiger partial charge in [-0.25, -0.2) is 0 Å². The van der Waals surface area contributed by atoms with E-state index in [4.69, 9.17) is 0 Å². The second kappa shape index (κ2) is 5.93. The Morgan fingerprint density at radius 2 is 2.00 bits per heavy atom. The predicted octanol–water partition coefficient (Wildman–Crippen LogP) is 1.37. The van der Waals surface area contributed by atoms with E-state index in [2.05, 4.69) is 10.3 Å². The molecule has 0 aliphatic rings. The van der Waals surface area contributed by atoms with Crippen LogP contribution in [-0.4, -0.2) is 22.2 Å². The Balaban J connectivity index is 1.92. The maximum atomic E-state index is 11.7. The van der Waals surface area contributed by atoms with Gasteiger partial charge in [0.15, 0.2) is 0 Å². The number of nitrogens with zero attached hydrogens (tertiary/aromatic N) is 1. The molecule has 1 heterocycles. The van der Waals surface area contributed by atoms with Gasteiger partial charge in [0, 0.05) is 18.8 Å². The van der Waals surface area contributed by atoms with Crippen molar-refractivity contribution in [3.63, 3.8) is 0 Å². The number of amides is 1. The molecule has 2 N–H and O–H groups in total. The highest BCUT2D eigenvalue weighted by atomic mass is 16.3. The average Bonchev–Trinajstić information content (AvgIpc) is 2.40. The average molecular weight is 242 g/mol. The van der Waals surface area contributed by atoms with Crippen molar-refractivity contribution in [2.24, 2.45) is 0 Å². The van der Waals surface area contributed by atoms with Crippen molar-refractivity contribution < 1.29 is 9.90 Å². The van der Waals surface area contributed by atoms with Crippen molar-refractivity contribution in [3.8, 4) is 0 Å². The van der Waals surface area contributed by atoms with Gasteiger partial charge in [0.1, 0.15) is 6.23 Å². The lowest BCUT2D eigenvalue weighted by Gasteiger charge is -2.12. The Morgan fingerprint density at radius 3 is 2.67 bits per heavy atom. The number of benzene rings is 1. The van der Waals surface area contributed by atoms with Gasteiger partial charge in [0.2, 0.25) is 0 Å². The molecular weight excluding hydrogens is 228 g/mol. The number of rotatable bonds is 4. The molecule has 1 amide bonds. The molecule has 0 radical (unpaired) electrons. The molecule has 18 heavy (non-hydrogen) atoms. The molecule has 0 bridgehead atoms. The van der Waals surface area contributed by atoms with Crippen molar-refractivity contribution in [1.82, 2.24) is 10.3 Å². The van der Waals surface area contributed by atoms with Crippen LogP contribution >= 0.6 is 0 Å². The molecule has 2 rings (SSSR count). The number of aliphatic hydroxyl groups excluding tert-OH is 1. The fourth-order valence-electron chi connectivity index (χ4n) is 1.62. The maximum Gasteiger partial charge on any atom is 0.254 e. The third-order valence-electron chi connectivity index (χ3n) is 2.49. The van der Waals surface area contributed by atoms with E-state index in [0.29, 0.717) is 12.0 Å². The molecule has 92 valence electrons. The number of aliphatic hydroxyl groups is 1. The Labute approximate surface area is 105 Å². The first-order chi connectivity index (χ1) is 8.75. The van der Waals surface area contributed by atoms with E-state index in [1.54, 1.807) is 18.3 Å². The van der Waals surface area contributed by atoms with Crippen molar-refractivity contribution in [2.45, 2.75) is 12.6 Å². The van der Waals surface area contributed by atoms with Gasteiger partial charge in [-0.05, 0) is 17.7 Å². The number of hydrogen-bond acceptors (Lipinski definition) is 3. The van der Waals surface area contributed by atoms with Crippen LogP contribution in [0, 0.1) is 0 Å². The molecule has 4 nitrogen and oxygen atoms in total. The quantitative estimate of drug-likeness (QED) is 0.796. The monoisotopic (exact) mass is 242 g/mol. The molecular formula is C14H14N2O2. The Hall–Kier alpha value is -2.20. The normalized spacial score (nSPS) is 11.8. The summed E-state index contributed by atoms with van der Waals surface area (Å²) in [6.45, 7) is 0. The summed E-state index contributed by atoms with van der Waals surface area (Å²) in [5.41, 5.74) is 1.40. The van der Waals surface area contributed by atoms with E-state index in [-0.39, 0.29) is 5.91 Å². The first-order valence-corrected chi connectivity index (χ1v) is 5.68. The number of nitrogens with one attached hydrogen (secondary N) is 1. The van der Waals surface area contributed by atoms with Gasteiger partial charge in [0.05, 0.1) is 5.56 Å². The molecule has 4 heteroatoms. The fourth-order valence-corrected chi connectivity index (χ4v) is 1.62. The molecule has 1 atom stereocenters. The van der Waals surface area contributed by atoms with E-state index in [1.165, 1.54) is 6.20 Å². The summed E-state index contributed by atoms with van der Waals surface area (Å²) in [4.78, 5) is 15.6. The fraction of sp³-hybridized carbons (Fsp3) is 0.143. The highest BCUT2D eigenvalue weighted by Crippen LogP contribution is 2.02. The molecule has 0 aliphatic heterocycles. The number of hydrogen-bond donors (Lipinski definition) is 2. The first kappa shape index (κ1) is 12.3. The van der Waals surface area contributed by atoms with Gasteiger partial charge in [-0.2, -0.15) is 0 Å². The number of pyridine rings is 1. The second-order valence-electron chi connectivity index (χ2n) is 3.92. The summed E-state index contributed by atoms with van der Waals surface area (Å²) < 4.78 is 0. The molecule has 2 aromatic rings. The molecule has 0 saturated carbocycles. The minimum absolute atomic E-state index is 0.327. The van der Waals surface area contributed by atoms with E-state index >= 15 is 0 Å². The van der Waals surface area contributed by atoms with Gasteiger partial charge < -0.3 is 10.4 Å². The summed E-state index contributed by atoms with van der Waals surface area (Å²) in [6, 6.07) is 12.8. The number of carbonyl (C=O) groups is 1. The molecule has 1 unspecified atom stereocenters. The Morgan fingerprint density at radius 1 is 1.22 bits per heavy atom. The van der Waals surface area contributed by atoms with Crippen LogP contribution in [0.25, 0.3) is 0 Å². The van der Waals surface area contributed by atoms with Gasteiger partial charge in [0.25, 0.3) is 5.91 Å². The van der Waals surface area contributed by atoms with Crippen LogP contribution in [0.2, 0.25) is 0 Å². The zero-order valence-electron chi connectivity index (χ0n) is 9.78. The largest absolute Gasteiger partial charge is 0.373 e. The van der Waals surface area contributed by atoms with Crippen molar-refractivity contribution in [2.75, 3.05) is 0 Å². The summed E-state index contributed by atoms with van der Waals surface area (Å²) in [5, 5.41) is 12.3. The van der Waals surface area contributed by atoms with Crippen LogP contribution in [0.4, 0.5) is 0 Å². The molecule has 1 aromatic heterocycles.